The van der Waals surface area contributed by atoms with Crippen LogP contribution in [0.2, 0.25) is 0 Å². The molecule has 0 spiro atoms. The van der Waals surface area contributed by atoms with Gasteiger partial charge in [0.25, 0.3) is 5.91 Å². The van der Waals surface area contributed by atoms with Crippen LogP contribution in [0.25, 0.3) is 0 Å². The summed E-state index contributed by atoms with van der Waals surface area (Å²) in [6, 6.07) is 11.6. The van der Waals surface area contributed by atoms with Crippen LogP contribution in [-0.4, -0.2) is 30.8 Å². The largest absolute Gasteiger partial charge is 0.378 e. The number of amides is 1. The number of carbonyl (C=O) groups excluding carboxylic acids is 2. The molecule has 0 saturated heterocycles. The molecule has 2 heterocycles. The first-order valence-electron chi connectivity index (χ1n) is 10.3. The van der Waals surface area contributed by atoms with Crippen LogP contribution in [0.15, 0.2) is 69.6 Å². The number of nitrogens with zero attached hydrogens (tertiary/aromatic N) is 2. The molecule has 1 aromatic heterocycles. The van der Waals surface area contributed by atoms with Crippen LogP contribution in [0.5, 0.6) is 0 Å². The normalized spacial score (nSPS) is 18.5. The van der Waals surface area contributed by atoms with E-state index in [0.29, 0.717) is 23.4 Å². The summed E-state index contributed by atoms with van der Waals surface area (Å²) >= 11 is 3.36. The van der Waals surface area contributed by atoms with Crippen molar-refractivity contribution in [2.24, 2.45) is 0 Å². The summed E-state index contributed by atoms with van der Waals surface area (Å²) in [5, 5.41) is 6.24. The predicted octanol–water partition coefficient (Wildman–Crippen LogP) is 4.52. The average Bonchev–Trinajstić information content (AvgIpc) is 2.74. The Kier molecular flexibility index (Phi) is 5.96. The average molecular weight is 481 g/mol. The van der Waals surface area contributed by atoms with E-state index in [1.165, 1.54) is 0 Å². The van der Waals surface area contributed by atoms with E-state index >= 15 is 0 Å². The van der Waals surface area contributed by atoms with Crippen molar-refractivity contribution in [3.05, 3.63) is 75.2 Å². The molecule has 7 heteroatoms. The molecule has 2 aromatic rings. The third-order valence-electron chi connectivity index (χ3n) is 5.73. The number of pyridine rings is 1. The third kappa shape index (κ3) is 4.28. The quantitative estimate of drug-likeness (QED) is 0.672. The Morgan fingerprint density at radius 1 is 1.16 bits per heavy atom. The van der Waals surface area contributed by atoms with Crippen LogP contribution >= 0.6 is 15.9 Å². The predicted molar refractivity (Wildman–Crippen MR) is 126 cm³/mol. The van der Waals surface area contributed by atoms with Gasteiger partial charge in [0.2, 0.25) is 0 Å². The Morgan fingerprint density at radius 2 is 1.90 bits per heavy atom. The maximum atomic E-state index is 13.4. The van der Waals surface area contributed by atoms with Crippen LogP contribution in [0.3, 0.4) is 0 Å². The lowest BCUT2D eigenvalue weighted by Crippen LogP contribution is -2.35. The first kappa shape index (κ1) is 21.3. The van der Waals surface area contributed by atoms with Crippen molar-refractivity contribution in [2.45, 2.75) is 32.1 Å². The number of allylic oxidation sites excluding steroid dienone is 3. The zero-order valence-electron chi connectivity index (χ0n) is 17.8. The second-order valence-corrected chi connectivity index (χ2v) is 8.98. The summed E-state index contributed by atoms with van der Waals surface area (Å²) in [7, 11) is 3.97. The van der Waals surface area contributed by atoms with Crippen molar-refractivity contribution in [1.82, 2.24) is 10.3 Å². The number of carbonyl (C=O) groups is 2. The van der Waals surface area contributed by atoms with Gasteiger partial charge in [-0.3, -0.25) is 9.59 Å². The van der Waals surface area contributed by atoms with Crippen molar-refractivity contribution in [1.29, 1.82) is 0 Å². The van der Waals surface area contributed by atoms with E-state index in [-0.39, 0.29) is 11.7 Å². The van der Waals surface area contributed by atoms with Crippen molar-refractivity contribution < 1.29 is 9.59 Å². The van der Waals surface area contributed by atoms with Gasteiger partial charge in [0.1, 0.15) is 5.82 Å². The number of anilines is 2. The number of ketones is 1. The minimum Gasteiger partial charge on any atom is -0.378 e. The molecular formula is C24H25BrN4O2. The maximum absolute atomic E-state index is 13.4. The van der Waals surface area contributed by atoms with Gasteiger partial charge in [0, 0.05) is 65.3 Å². The third-order valence-corrected chi connectivity index (χ3v) is 6.20. The molecule has 1 unspecified atom stereocenters. The van der Waals surface area contributed by atoms with Crippen molar-refractivity contribution >= 4 is 39.1 Å². The summed E-state index contributed by atoms with van der Waals surface area (Å²) in [4.78, 5) is 32.7. The monoisotopic (exact) mass is 480 g/mol. The smallest absolute Gasteiger partial charge is 0.255 e. The lowest BCUT2D eigenvalue weighted by molar-refractivity contribution is -0.116. The first-order valence-corrected chi connectivity index (χ1v) is 11.1. The van der Waals surface area contributed by atoms with E-state index in [2.05, 4.69) is 31.5 Å². The molecule has 0 radical (unpaired) electrons. The van der Waals surface area contributed by atoms with Gasteiger partial charge in [-0.15, -0.1) is 0 Å². The molecule has 6 nitrogen and oxygen atoms in total. The lowest BCUT2D eigenvalue weighted by Gasteiger charge is -2.34. The van der Waals surface area contributed by atoms with Gasteiger partial charge in [-0.25, -0.2) is 4.98 Å². The van der Waals surface area contributed by atoms with Gasteiger partial charge in [0.15, 0.2) is 5.78 Å². The highest BCUT2D eigenvalue weighted by Crippen LogP contribution is 2.42. The number of hydrogen-bond acceptors (Lipinski definition) is 5. The van der Waals surface area contributed by atoms with Gasteiger partial charge >= 0.3 is 0 Å². The van der Waals surface area contributed by atoms with E-state index < -0.39 is 5.92 Å². The van der Waals surface area contributed by atoms with Gasteiger partial charge in [0.05, 0.1) is 0 Å². The summed E-state index contributed by atoms with van der Waals surface area (Å²) in [6.07, 6.45) is 3.79. The molecule has 31 heavy (non-hydrogen) atoms. The number of Topliss-reactive ketones (excluding diaryl/α,β-unsaturated/α-hetero) is 1. The molecule has 160 valence electrons. The number of aromatic nitrogens is 1. The van der Waals surface area contributed by atoms with Crippen molar-refractivity contribution in [2.75, 3.05) is 24.3 Å². The fourth-order valence-corrected chi connectivity index (χ4v) is 4.45. The van der Waals surface area contributed by atoms with E-state index in [1.54, 1.807) is 12.3 Å². The zero-order chi connectivity index (χ0) is 22.1. The van der Waals surface area contributed by atoms with Crippen LogP contribution in [-0.2, 0) is 9.59 Å². The molecule has 0 bridgehead atoms. The molecule has 2 aliphatic rings. The van der Waals surface area contributed by atoms with E-state index in [4.69, 9.17) is 0 Å². The van der Waals surface area contributed by atoms with E-state index in [9.17, 15) is 9.59 Å². The van der Waals surface area contributed by atoms with Crippen molar-refractivity contribution in [3.8, 4) is 0 Å². The number of nitrogens with one attached hydrogen (secondary N) is 2. The second kappa shape index (κ2) is 8.67. The maximum Gasteiger partial charge on any atom is 0.255 e. The molecule has 2 N–H and O–H groups in total. The lowest BCUT2D eigenvalue weighted by atomic mass is 9.75. The number of dihydropyridines is 1. The van der Waals surface area contributed by atoms with E-state index in [1.807, 2.05) is 56.3 Å². The highest BCUT2D eigenvalue weighted by Gasteiger charge is 2.38. The highest BCUT2D eigenvalue weighted by atomic mass is 79.9. The van der Waals surface area contributed by atoms with Gasteiger partial charge in [-0.1, -0.05) is 12.1 Å². The van der Waals surface area contributed by atoms with E-state index in [0.717, 1.165) is 40.0 Å². The zero-order valence-corrected chi connectivity index (χ0v) is 19.4. The first-order chi connectivity index (χ1) is 14.8. The molecule has 1 aromatic carbocycles. The summed E-state index contributed by atoms with van der Waals surface area (Å²) in [5.74, 6) is -0.0953. The topological polar surface area (TPSA) is 74.3 Å². The minimum absolute atomic E-state index is 0.106. The molecule has 1 aliphatic heterocycles. The molecule has 1 amide bonds. The summed E-state index contributed by atoms with van der Waals surface area (Å²) in [5.41, 5.74) is 4.97. The summed E-state index contributed by atoms with van der Waals surface area (Å²) in [6.45, 7) is 1.90. The Morgan fingerprint density at radius 3 is 2.55 bits per heavy atom. The number of halogens is 1. The van der Waals surface area contributed by atoms with Gasteiger partial charge < -0.3 is 15.5 Å². The summed E-state index contributed by atoms with van der Waals surface area (Å²) < 4.78 is 0.835. The fraction of sp³-hybridized carbons (Fsp3) is 0.292. The van der Waals surface area contributed by atoms with Gasteiger partial charge in [-0.05, 0) is 65.5 Å². The number of rotatable bonds is 4. The van der Waals surface area contributed by atoms with Crippen LogP contribution < -0.4 is 15.5 Å². The fourth-order valence-electron chi connectivity index (χ4n) is 4.22. The Bertz CT molecular complexity index is 1090. The standard InChI is InChI=1S/C24H25BrN4O2/c1-14-21(24(31)28-20-12-9-16(25)13-26-20)22(15-7-10-17(11-8-15)29(2)3)23-18(27-14)5-4-6-19(23)30/h7-13,22,27H,4-6H2,1-3H3,(H,26,28,31). The molecule has 0 saturated carbocycles. The number of hydrogen-bond donors (Lipinski definition) is 2. The Labute approximate surface area is 190 Å². The van der Waals surface area contributed by atoms with Crippen LogP contribution in [0.4, 0.5) is 11.5 Å². The Hall–Kier alpha value is -2.93. The SMILES string of the molecule is CC1=C(C(=O)Nc2ccc(Br)cn2)C(c2ccc(N(C)C)cc2)C2=C(CCCC2=O)N1. The second-order valence-electron chi connectivity index (χ2n) is 8.07. The minimum atomic E-state index is -0.407. The molecule has 1 atom stereocenters. The number of benzene rings is 1. The van der Waals surface area contributed by atoms with Crippen LogP contribution in [0.1, 0.15) is 37.7 Å². The molecule has 4 rings (SSSR count). The molecular weight excluding hydrogens is 456 g/mol. The van der Waals surface area contributed by atoms with Crippen molar-refractivity contribution in [3.63, 3.8) is 0 Å². The Balaban J connectivity index is 1.76. The molecule has 1 aliphatic carbocycles. The van der Waals surface area contributed by atoms with Crippen LogP contribution in [0, 0.1) is 0 Å². The highest BCUT2D eigenvalue weighted by molar-refractivity contribution is 9.10. The molecule has 0 fully saturated rings. The van der Waals surface area contributed by atoms with Gasteiger partial charge in [-0.2, -0.15) is 0 Å².